The summed E-state index contributed by atoms with van der Waals surface area (Å²) in [5, 5.41) is 9.66. The Kier molecular flexibility index (Phi) is 4.54. The van der Waals surface area contributed by atoms with Crippen LogP contribution in [0.5, 0.6) is 0 Å². The van der Waals surface area contributed by atoms with Crippen LogP contribution in [0, 0.1) is 0 Å². The van der Waals surface area contributed by atoms with E-state index in [9.17, 15) is 9.90 Å². The maximum absolute atomic E-state index is 12.3. The van der Waals surface area contributed by atoms with Crippen LogP contribution in [0.2, 0.25) is 0 Å². The first-order valence-corrected chi connectivity index (χ1v) is 7.82. The molecule has 0 unspecified atom stereocenters. The van der Waals surface area contributed by atoms with E-state index in [2.05, 4.69) is 24.3 Å². The number of carbonyl (C=O) groups is 1. The summed E-state index contributed by atoms with van der Waals surface area (Å²) in [7, 11) is 0. The summed E-state index contributed by atoms with van der Waals surface area (Å²) in [6, 6.07) is 18.4. The highest BCUT2D eigenvalue weighted by molar-refractivity contribution is 5.79. The molecule has 0 saturated carbocycles. The van der Waals surface area contributed by atoms with Gasteiger partial charge in [0.1, 0.15) is 0 Å². The number of benzene rings is 2. The normalized spacial score (nSPS) is 18.2. The number of hydrogen-bond donors (Lipinski definition) is 1. The number of amides is 1. The van der Waals surface area contributed by atoms with Gasteiger partial charge in [0, 0.05) is 13.1 Å². The lowest BCUT2D eigenvalue weighted by atomic mass is 10.0. The third-order valence-corrected chi connectivity index (χ3v) is 4.17. The molecule has 0 radical (unpaired) electrons. The van der Waals surface area contributed by atoms with Crippen molar-refractivity contribution in [1.82, 2.24) is 4.90 Å². The lowest BCUT2D eigenvalue weighted by molar-refractivity contribution is -0.133. The Bertz CT molecular complexity index is 622. The molecule has 1 atom stereocenters. The molecule has 1 fully saturated rings. The Morgan fingerprint density at radius 1 is 1.05 bits per heavy atom. The minimum absolute atomic E-state index is 0.103. The van der Waals surface area contributed by atoms with E-state index < -0.39 is 0 Å². The molecule has 2 aromatic rings. The van der Waals surface area contributed by atoms with E-state index >= 15 is 0 Å². The molecular weight excluding hydrogens is 274 g/mol. The summed E-state index contributed by atoms with van der Waals surface area (Å²) in [5.41, 5.74) is 3.36. The number of hydrogen-bond acceptors (Lipinski definition) is 2. The summed E-state index contributed by atoms with van der Waals surface area (Å²) < 4.78 is 0. The highest BCUT2D eigenvalue weighted by Gasteiger charge is 2.21. The van der Waals surface area contributed by atoms with Crippen LogP contribution >= 0.6 is 0 Å². The van der Waals surface area contributed by atoms with Gasteiger partial charge in [-0.15, -0.1) is 0 Å². The number of aliphatic hydroxyl groups excluding tert-OH is 1. The van der Waals surface area contributed by atoms with Crippen molar-refractivity contribution in [2.24, 2.45) is 0 Å². The van der Waals surface area contributed by atoms with Gasteiger partial charge in [-0.3, -0.25) is 4.79 Å². The van der Waals surface area contributed by atoms with Crippen LogP contribution in [-0.4, -0.2) is 35.1 Å². The van der Waals surface area contributed by atoms with Gasteiger partial charge in [-0.05, 0) is 29.5 Å². The number of rotatable bonds is 3. The molecule has 3 heteroatoms. The molecule has 3 rings (SSSR count). The smallest absolute Gasteiger partial charge is 0.227 e. The van der Waals surface area contributed by atoms with Gasteiger partial charge in [0.15, 0.2) is 0 Å². The van der Waals surface area contributed by atoms with Crippen LogP contribution < -0.4 is 0 Å². The highest BCUT2D eigenvalue weighted by Crippen LogP contribution is 2.20. The fraction of sp³-hybridized carbons (Fsp3) is 0.316. The van der Waals surface area contributed by atoms with Gasteiger partial charge in [0.05, 0.1) is 12.5 Å². The molecule has 0 spiro atoms. The molecule has 2 aromatic carbocycles. The molecule has 0 aromatic heterocycles. The Hall–Kier alpha value is -2.13. The molecular formula is C19H21NO2. The molecule has 3 nitrogen and oxygen atoms in total. The summed E-state index contributed by atoms with van der Waals surface area (Å²) in [6.45, 7) is 1.24. The highest BCUT2D eigenvalue weighted by atomic mass is 16.3. The van der Waals surface area contributed by atoms with Gasteiger partial charge < -0.3 is 10.0 Å². The van der Waals surface area contributed by atoms with Crippen LogP contribution in [0.1, 0.15) is 18.4 Å². The van der Waals surface area contributed by atoms with Gasteiger partial charge in [-0.1, -0.05) is 54.6 Å². The van der Waals surface area contributed by atoms with Crippen LogP contribution in [0.15, 0.2) is 54.6 Å². The maximum atomic E-state index is 12.3. The van der Waals surface area contributed by atoms with E-state index in [4.69, 9.17) is 0 Å². The Labute approximate surface area is 131 Å². The quantitative estimate of drug-likeness (QED) is 0.946. The predicted octanol–water partition coefficient (Wildman–Crippen LogP) is 2.88. The summed E-state index contributed by atoms with van der Waals surface area (Å²) in [4.78, 5) is 14.1. The number of carbonyl (C=O) groups excluding carboxylic acids is 1. The average Bonchev–Trinajstić information content (AvgIpc) is 2.56. The fourth-order valence-electron chi connectivity index (χ4n) is 2.91. The van der Waals surface area contributed by atoms with Gasteiger partial charge in [-0.2, -0.15) is 0 Å². The number of piperidine rings is 1. The van der Waals surface area contributed by atoms with Gasteiger partial charge in [-0.25, -0.2) is 0 Å². The summed E-state index contributed by atoms with van der Waals surface area (Å²) in [6.07, 6.45) is 1.73. The van der Waals surface area contributed by atoms with Crippen molar-refractivity contribution >= 4 is 5.91 Å². The zero-order valence-electron chi connectivity index (χ0n) is 12.6. The molecule has 114 valence electrons. The van der Waals surface area contributed by atoms with Crippen LogP contribution in [0.3, 0.4) is 0 Å². The third kappa shape index (κ3) is 3.55. The van der Waals surface area contributed by atoms with E-state index in [1.807, 2.05) is 30.3 Å². The first-order valence-electron chi connectivity index (χ1n) is 7.82. The van der Waals surface area contributed by atoms with Crippen molar-refractivity contribution in [2.45, 2.75) is 25.4 Å². The van der Waals surface area contributed by atoms with E-state index in [-0.39, 0.29) is 12.0 Å². The van der Waals surface area contributed by atoms with Crippen molar-refractivity contribution in [1.29, 1.82) is 0 Å². The van der Waals surface area contributed by atoms with E-state index in [1.54, 1.807) is 4.90 Å². The summed E-state index contributed by atoms with van der Waals surface area (Å²) >= 11 is 0. The van der Waals surface area contributed by atoms with Crippen LogP contribution in [-0.2, 0) is 11.2 Å². The van der Waals surface area contributed by atoms with Gasteiger partial charge in [0.2, 0.25) is 5.91 Å². The average molecular weight is 295 g/mol. The molecule has 0 aliphatic carbocycles. The molecule has 22 heavy (non-hydrogen) atoms. The lowest BCUT2D eigenvalue weighted by Gasteiger charge is -2.30. The SMILES string of the molecule is O=C(Cc1ccc(-c2ccccc2)cc1)N1CCC[C@@H](O)C1. The lowest BCUT2D eigenvalue weighted by Crippen LogP contribution is -2.42. The van der Waals surface area contributed by atoms with Gasteiger partial charge >= 0.3 is 0 Å². The number of β-amino-alcohol motifs (C(OH)–C–C–N with tert-alkyl or cyclic N) is 1. The largest absolute Gasteiger partial charge is 0.391 e. The monoisotopic (exact) mass is 295 g/mol. The zero-order valence-corrected chi connectivity index (χ0v) is 12.6. The van der Waals surface area contributed by atoms with Crippen molar-refractivity contribution in [3.05, 3.63) is 60.2 Å². The van der Waals surface area contributed by atoms with E-state index in [1.165, 1.54) is 5.56 Å². The van der Waals surface area contributed by atoms with Gasteiger partial charge in [0.25, 0.3) is 0 Å². The zero-order chi connectivity index (χ0) is 15.4. The second-order valence-electron chi connectivity index (χ2n) is 5.88. The van der Waals surface area contributed by atoms with E-state index in [0.29, 0.717) is 13.0 Å². The second-order valence-corrected chi connectivity index (χ2v) is 5.88. The Morgan fingerprint density at radius 3 is 2.41 bits per heavy atom. The van der Waals surface area contributed by atoms with Crippen LogP contribution in [0.25, 0.3) is 11.1 Å². The topological polar surface area (TPSA) is 40.5 Å². The Balaban J connectivity index is 1.65. The van der Waals surface area contributed by atoms with Crippen molar-refractivity contribution in [3.63, 3.8) is 0 Å². The standard InChI is InChI=1S/C19H21NO2/c21-18-7-4-12-20(14-18)19(22)13-15-8-10-17(11-9-15)16-5-2-1-3-6-16/h1-3,5-6,8-11,18,21H,4,7,12-14H2/t18-/m1/s1. The number of nitrogens with zero attached hydrogens (tertiary/aromatic N) is 1. The molecule has 1 saturated heterocycles. The predicted molar refractivity (Wildman–Crippen MR) is 87.4 cm³/mol. The fourth-order valence-corrected chi connectivity index (χ4v) is 2.91. The summed E-state index contributed by atoms with van der Waals surface area (Å²) in [5.74, 6) is 0.103. The van der Waals surface area contributed by atoms with Crippen LogP contribution in [0.4, 0.5) is 0 Å². The molecule has 1 amide bonds. The van der Waals surface area contributed by atoms with E-state index in [0.717, 1.165) is 30.5 Å². The molecule has 1 aliphatic rings. The van der Waals surface area contributed by atoms with Crippen molar-refractivity contribution < 1.29 is 9.90 Å². The molecule has 0 bridgehead atoms. The van der Waals surface area contributed by atoms with Crippen molar-refractivity contribution in [2.75, 3.05) is 13.1 Å². The Morgan fingerprint density at radius 2 is 1.73 bits per heavy atom. The minimum Gasteiger partial charge on any atom is -0.391 e. The number of aliphatic hydroxyl groups is 1. The second kappa shape index (κ2) is 6.75. The first kappa shape index (κ1) is 14.8. The molecule has 1 aliphatic heterocycles. The molecule has 1 N–H and O–H groups in total. The maximum Gasteiger partial charge on any atom is 0.227 e. The van der Waals surface area contributed by atoms with Crippen molar-refractivity contribution in [3.8, 4) is 11.1 Å². The minimum atomic E-state index is -0.363. The number of likely N-dealkylation sites (tertiary alicyclic amines) is 1. The first-order chi connectivity index (χ1) is 10.7. The third-order valence-electron chi connectivity index (χ3n) is 4.17. The molecule has 1 heterocycles.